The number of likely N-dealkylation sites (tertiary alicyclic amines) is 1. The Balaban J connectivity index is 1.77. The maximum absolute atomic E-state index is 12.9. The minimum absolute atomic E-state index is 0.0462. The lowest BCUT2D eigenvalue weighted by atomic mass is 10.1. The van der Waals surface area contributed by atoms with Gasteiger partial charge in [-0.25, -0.2) is 9.97 Å². The van der Waals surface area contributed by atoms with Gasteiger partial charge in [-0.2, -0.15) is 0 Å². The molecule has 7 heteroatoms. The summed E-state index contributed by atoms with van der Waals surface area (Å²) >= 11 is 0. The van der Waals surface area contributed by atoms with Crippen molar-refractivity contribution in [1.29, 1.82) is 0 Å². The van der Waals surface area contributed by atoms with E-state index >= 15 is 0 Å². The molecule has 1 aliphatic heterocycles. The smallest absolute Gasteiger partial charge is 0.227 e. The van der Waals surface area contributed by atoms with Crippen LogP contribution < -0.4 is 0 Å². The van der Waals surface area contributed by atoms with E-state index in [2.05, 4.69) is 20.0 Å². The Kier molecular flexibility index (Phi) is 5.13. The summed E-state index contributed by atoms with van der Waals surface area (Å²) in [6, 6.07) is 1.88. The van der Waals surface area contributed by atoms with E-state index < -0.39 is 0 Å². The largest absolute Gasteiger partial charge is 0.361 e. The standard InChI is InChI=1S/C18H25N5O2/c1-12-15(13(2)25-21-12)10-17(24)23-9-5-6-16(23)18-19-8-7-14(20-18)11-22(3)4/h7-8,16H,5-6,9-11H2,1-4H3/t16-/m0/s1. The zero-order chi connectivity index (χ0) is 18.0. The van der Waals surface area contributed by atoms with Crippen molar-refractivity contribution in [2.24, 2.45) is 0 Å². The van der Waals surface area contributed by atoms with Gasteiger partial charge in [0.25, 0.3) is 0 Å². The number of hydrogen-bond acceptors (Lipinski definition) is 6. The van der Waals surface area contributed by atoms with E-state index in [1.54, 1.807) is 6.20 Å². The lowest BCUT2D eigenvalue weighted by molar-refractivity contribution is -0.131. The maximum atomic E-state index is 12.9. The van der Waals surface area contributed by atoms with E-state index in [1.807, 2.05) is 38.9 Å². The van der Waals surface area contributed by atoms with E-state index in [0.29, 0.717) is 12.2 Å². The molecular formula is C18H25N5O2. The first-order valence-corrected chi connectivity index (χ1v) is 8.63. The number of aromatic nitrogens is 3. The van der Waals surface area contributed by atoms with Crippen LogP contribution in [0.2, 0.25) is 0 Å². The number of rotatable bonds is 5. The normalized spacial score (nSPS) is 17.5. The Bertz CT molecular complexity index is 736. The zero-order valence-corrected chi connectivity index (χ0v) is 15.3. The van der Waals surface area contributed by atoms with E-state index in [1.165, 1.54) is 0 Å². The van der Waals surface area contributed by atoms with Crippen molar-refractivity contribution in [2.75, 3.05) is 20.6 Å². The number of amides is 1. The Morgan fingerprint density at radius 1 is 1.40 bits per heavy atom. The molecular weight excluding hydrogens is 318 g/mol. The Hall–Kier alpha value is -2.28. The Morgan fingerprint density at radius 3 is 2.88 bits per heavy atom. The molecule has 0 spiro atoms. The average molecular weight is 343 g/mol. The van der Waals surface area contributed by atoms with Crippen molar-refractivity contribution in [3.8, 4) is 0 Å². The van der Waals surface area contributed by atoms with Crippen molar-refractivity contribution < 1.29 is 9.32 Å². The summed E-state index contributed by atoms with van der Waals surface area (Å²) in [5, 5.41) is 3.94. The predicted octanol–water partition coefficient (Wildman–Crippen LogP) is 2.05. The van der Waals surface area contributed by atoms with Gasteiger partial charge in [-0.1, -0.05) is 5.16 Å². The Labute approximate surface area is 148 Å². The number of carbonyl (C=O) groups excluding carboxylic acids is 1. The maximum Gasteiger partial charge on any atom is 0.227 e. The monoisotopic (exact) mass is 343 g/mol. The molecule has 1 aliphatic rings. The molecule has 0 bridgehead atoms. The van der Waals surface area contributed by atoms with Crippen molar-refractivity contribution in [3.05, 3.63) is 40.8 Å². The highest BCUT2D eigenvalue weighted by Gasteiger charge is 2.32. The van der Waals surface area contributed by atoms with E-state index in [0.717, 1.165) is 48.7 Å². The van der Waals surface area contributed by atoms with Gasteiger partial charge >= 0.3 is 0 Å². The second-order valence-electron chi connectivity index (χ2n) is 6.87. The molecule has 0 unspecified atom stereocenters. The van der Waals surface area contributed by atoms with Crippen LogP contribution in [0.15, 0.2) is 16.8 Å². The minimum atomic E-state index is -0.0462. The number of hydrogen-bond donors (Lipinski definition) is 0. The summed E-state index contributed by atoms with van der Waals surface area (Å²) in [6.45, 7) is 5.22. The molecule has 25 heavy (non-hydrogen) atoms. The molecule has 0 saturated carbocycles. The van der Waals surface area contributed by atoms with Gasteiger partial charge in [0, 0.05) is 24.8 Å². The van der Waals surface area contributed by atoms with E-state index in [-0.39, 0.29) is 11.9 Å². The fourth-order valence-electron chi connectivity index (χ4n) is 3.33. The molecule has 0 radical (unpaired) electrons. The van der Waals surface area contributed by atoms with Crippen LogP contribution in [0.4, 0.5) is 0 Å². The van der Waals surface area contributed by atoms with Crippen LogP contribution in [-0.2, 0) is 17.8 Å². The van der Waals surface area contributed by atoms with Crippen LogP contribution >= 0.6 is 0 Å². The molecule has 0 aliphatic carbocycles. The second-order valence-corrected chi connectivity index (χ2v) is 6.87. The quantitative estimate of drug-likeness (QED) is 0.827. The SMILES string of the molecule is Cc1noc(C)c1CC(=O)N1CCC[C@H]1c1nccc(CN(C)C)n1. The van der Waals surface area contributed by atoms with Crippen LogP contribution in [0.5, 0.6) is 0 Å². The topological polar surface area (TPSA) is 75.4 Å². The van der Waals surface area contributed by atoms with Gasteiger partial charge in [-0.3, -0.25) is 4.79 Å². The Morgan fingerprint density at radius 2 is 2.20 bits per heavy atom. The van der Waals surface area contributed by atoms with E-state index in [9.17, 15) is 4.79 Å². The summed E-state index contributed by atoms with van der Waals surface area (Å²) in [7, 11) is 4.02. The number of nitrogens with zero attached hydrogens (tertiary/aromatic N) is 5. The van der Waals surface area contributed by atoms with Crippen molar-refractivity contribution in [2.45, 2.75) is 45.7 Å². The third-order valence-electron chi connectivity index (χ3n) is 4.59. The van der Waals surface area contributed by atoms with Gasteiger partial charge in [0.15, 0.2) is 5.82 Å². The van der Waals surface area contributed by atoms with Gasteiger partial charge < -0.3 is 14.3 Å². The minimum Gasteiger partial charge on any atom is -0.361 e. The average Bonchev–Trinajstić information content (AvgIpc) is 3.17. The third-order valence-corrected chi connectivity index (χ3v) is 4.59. The van der Waals surface area contributed by atoms with Gasteiger partial charge in [0.2, 0.25) is 5.91 Å². The van der Waals surface area contributed by atoms with E-state index in [4.69, 9.17) is 4.52 Å². The molecule has 1 fully saturated rings. The summed E-state index contributed by atoms with van der Waals surface area (Å²) in [6.07, 6.45) is 3.98. The summed E-state index contributed by atoms with van der Waals surface area (Å²) < 4.78 is 5.17. The molecule has 2 aromatic rings. The summed E-state index contributed by atoms with van der Waals surface area (Å²) in [5.74, 6) is 1.54. The van der Waals surface area contributed by atoms with Crippen LogP contribution in [0, 0.1) is 13.8 Å². The lowest BCUT2D eigenvalue weighted by Gasteiger charge is -2.24. The molecule has 1 amide bonds. The summed E-state index contributed by atoms with van der Waals surface area (Å²) in [5.41, 5.74) is 2.64. The highest BCUT2D eigenvalue weighted by atomic mass is 16.5. The number of carbonyl (C=O) groups is 1. The zero-order valence-electron chi connectivity index (χ0n) is 15.3. The molecule has 1 saturated heterocycles. The predicted molar refractivity (Wildman–Crippen MR) is 92.8 cm³/mol. The molecule has 134 valence electrons. The molecule has 1 atom stereocenters. The van der Waals surface area contributed by atoms with Crippen molar-refractivity contribution >= 4 is 5.91 Å². The first-order valence-electron chi connectivity index (χ1n) is 8.63. The molecule has 7 nitrogen and oxygen atoms in total. The molecule has 0 N–H and O–H groups in total. The van der Waals surface area contributed by atoms with Crippen LogP contribution in [0.1, 0.15) is 47.4 Å². The lowest BCUT2D eigenvalue weighted by Crippen LogP contribution is -2.33. The molecule has 0 aromatic carbocycles. The van der Waals surface area contributed by atoms with Gasteiger partial charge in [-0.05, 0) is 46.9 Å². The molecule has 3 heterocycles. The fraction of sp³-hybridized carbons (Fsp3) is 0.556. The van der Waals surface area contributed by atoms with Crippen LogP contribution in [-0.4, -0.2) is 51.5 Å². The highest BCUT2D eigenvalue weighted by molar-refractivity contribution is 5.79. The first kappa shape index (κ1) is 17.5. The van der Waals surface area contributed by atoms with Crippen LogP contribution in [0.3, 0.4) is 0 Å². The molecule has 2 aromatic heterocycles. The highest BCUT2D eigenvalue weighted by Crippen LogP contribution is 2.31. The van der Waals surface area contributed by atoms with Gasteiger partial charge in [0.1, 0.15) is 5.76 Å². The second kappa shape index (κ2) is 7.31. The van der Waals surface area contributed by atoms with Gasteiger partial charge in [0.05, 0.1) is 23.9 Å². The van der Waals surface area contributed by atoms with Crippen molar-refractivity contribution in [3.63, 3.8) is 0 Å². The van der Waals surface area contributed by atoms with Gasteiger partial charge in [-0.15, -0.1) is 0 Å². The van der Waals surface area contributed by atoms with Crippen LogP contribution in [0.25, 0.3) is 0 Å². The third kappa shape index (κ3) is 3.87. The summed E-state index contributed by atoms with van der Waals surface area (Å²) in [4.78, 5) is 26.0. The first-order chi connectivity index (χ1) is 12.0. The number of aryl methyl sites for hydroxylation is 2. The fourth-order valence-corrected chi connectivity index (χ4v) is 3.33. The molecule has 3 rings (SSSR count). The van der Waals surface area contributed by atoms with Crippen molar-refractivity contribution in [1.82, 2.24) is 24.9 Å².